The van der Waals surface area contributed by atoms with Gasteiger partial charge in [0.1, 0.15) is 34.5 Å². The normalized spacial score (nSPS) is 25.0. The molecule has 0 fully saturated rings. The summed E-state index contributed by atoms with van der Waals surface area (Å²) in [4.78, 5) is 42.9. The highest BCUT2D eigenvalue weighted by Gasteiger charge is 2.63. The molecule has 2 aromatic carbocycles. The number of fused-ring (bicyclic) bond motifs is 3. The summed E-state index contributed by atoms with van der Waals surface area (Å²) in [6.07, 6.45) is 0.0789. The van der Waals surface area contributed by atoms with Gasteiger partial charge in [-0.25, -0.2) is 8.78 Å². The number of aliphatic hydroxyl groups is 3. The summed E-state index contributed by atoms with van der Waals surface area (Å²) in [5, 5.41) is 48.3. The third kappa shape index (κ3) is 4.50. The van der Waals surface area contributed by atoms with Crippen molar-refractivity contribution in [1.82, 2.24) is 4.90 Å². The van der Waals surface area contributed by atoms with Crippen molar-refractivity contribution in [3.8, 4) is 5.75 Å². The average Bonchev–Trinajstić information content (AvgIpc) is 2.89. The van der Waals surface area contributed by atoms with Crippen molar-refractivity contribution >= 4 is 28.8 Å². The molecule has 3 aliphatic rings. The Morgan fingerprint density at radius 3 is 2.26 bits per heavy atom. The molecule has 7 N–H and O–H groups in total. The summed E-state index contributed by atoms with van der Waals surface area (Å²) in [5.74, 6) is -8.99. The number of likely N-dealkylation sites (N-methyl/N-ethyl adjacent to an activating group) is 1. The van der Waals surface area contributed by atoms with Crippen LogP contribution in [0.25, 0.3) is 0 Å². The number of hydrogen-bond acceptors (Lipinski definition) is 10. The molecule has 0 aromatic heterocycles. The monoisotopic (exact) mass is 598 g/mol. The molecule has 0 aliphatic heterocycles. The second-order valence-electron chi connectivity index (χ2n) is 11.6. The van der Waals surface area contributed by atoms with E-state index in [9.17, 15) is 43.6 Å². The van der Waals surface area contributed by atoms with Crippen LogP contribution in [0.5, 0.6) is 5.75 Å². The molecule has 0 spiro atoms. The van der Waals surface area contributed by atoms with Crippen molar-refractivity contribution in [2.45, 2.75) is 31.0 Å². The number of carbonyl (C=O) groups is 3. The van der Waals surface area contributed by atoms with Crippen molar-refractivity contribution < 1.29 is 43.6 Å². The number of phenolic OH excluding ortho intramolecular Hbond substituents is 1. The number of nitrogens with two attached hydrogens (primary N) is 1. The van der Waals surface area contributed by atoms with Crippen LogP contribution in [0.15, 0.2) is 46.9 Å². The first-order valence-corrected chi connectivity index (χ1v) is 13.5. The number of Topliss-reactive ketones (excluding diaryl/α,β-unsaturated/α-hetero) is 2. The van der Waals surface area contributed by atoms with Gasteiger partial charge < -0.3 is 36.4 Å². The SMILES string of the molecule is CN(C)c1cc(NCc2cc(F)cc(F)c2)c(O)c2c1CC1CC3C(N(C)C)C(O)=C(C(N)=O)C(=O)C3(O)C(O)=C1C2=O. The Morgan fingerprint density at radius 2 is 1.70 bits per heavy atom. The topological polar surface area (TPSA) is 177 Å². The molecule has 11 nitrogen and oxygen atoms in total. The zero-order valence-corrected chi connectivity index (χ0v) is 23.9. The van der Waals surface area contributed by atoms with Crippen LogP contribution in [0.3, 0.4) is 0 Å². The van der Waals surface area contributed by atoms with Crippen molar-refractivity contribution in [1.29, 1.82) is 0 Å². The van der Waals surface area contributed by atoms with Gasteiger partial charge in [-0.2, -0.15) is 0 Å². The van der Waals surface area contributed by atoms with Crippen molar-refractivity contribution in [2.75, 3.05) is 38.4 Å². The maximum absolute atomic E-state index is 14.1. The molecule has 5 rings (SSSR count). The first-order chi connectivity index (χ1) is 20.1. The predicted octanol–water partition coefficient (Wildman–Crippen LogP) is 2.08. The number of anilines is 2. The minimum Gasteiger partial charge on any atom is -0.510 e. The molecule has 4 unspecified atom stereocenters. The quantitative estimate of drug-likeness (QED) is 0.213. The Balaban J connectivity index is 1.64. The Hall–Kier alpha value is -4.49. The number of aromatic hydroxyl groups is 1. The van der Waals surface area contributed by atoms with Gasteiger partial charge in [-0.3, -0.25) is 19.3 Å². The van der Waals surface area contributed by atoms with Crippen molar-refractivity contribution in [3.05, 3.63) is 75.3 Å². The van der Waals surface area contributed by atoms with Crippen LogP contribution < -0.4 is 16.0 Å². The third-order valence-electron chi connectivity index (χ3n) is 8.59. The van der Waals surface area contributed by atoms with Crippen LogP contribution >= 0.6 is 0 Å². The highest BCUT2D eigenvalue weighted by Crippen LogP contribution is 2.54. The van der Waals surface area contributed by atoms with Gasteiger partial charge in [0.2, 0.25) is 5.78 Å². The second kappa shape index (κ2) is 10.3. The lowest BCUT2D eigenvalue weighted by Crippen LogP contribution is -2.63. The van der Waals surface area contributed by atoms with Gasteiger partial charge in [0.15, 0.2) is 11.4 Å². The first kappa shape index (κ1) is 30.0. The smallest absolute Gasteiger partial charge is 0.255 e. The summed E-state index contributed by atoms with van der Waals surface area (Å²) in [5.41, 5.74) is 2.56. The van der Waals surface area contributed by atoms with E-state index in [0.717, 1.165) is 18.2 Å². The van der Waals surface area contributed by atoms with E-state index in [1.165, 1.54) is 4.90 Å². The Morgan fingerprint density at radius 1 is 1.07 bits per heavy atom. The van der Waals surface area contributed by atoms with Gasteiger partial charge >= 0.3 is 0 Å². The van der Waals surface area contributed by atoms with Crippen LogP contribution in [-0.4, -0.2) is 82.6 Å². The highest BCUT2D eigenvalue weighted by atomic mass is 19.1. The fraction of sp³-hybridized carbons (Fsp3) is 0.367. The summed E-state index contributed by atoms with van der Waals surface area (Å²) >= 11 is 0. The number of amides is 1. The predicted molar refractivity (Wildman–Crippen MR) is 152 cm³/mol. The third-order valence-corrected chi connectivity index (χ3v) is 8.59. The molecule has 3 aliphatic carbocycles. The second-order valence-corrected chi connectivity index (χ2v) is 11.6. The molecule has 1 amide bonds. The van der Waals surface area contributed by atoms with Gasteiger partial charge in [0.25, 0.3) is 5.91 Å². The number of halogens is 2. The maximum atomic E-state index is 14.1. The number of allylic oxidation sites excluding steroid dienone is 1. The highest BCUT2D eigenvalue weighted by molar-refractivity contribution is 6.25. The molecule has 4 atom stereocenters. The number of carbonyl (C=O) groups excluding carboxylic acids is 3. The molecule has 0 heterocycles. The fourth-order valence-corrected chi connectivity index (χ4v) is 6.74. The number of rotatable bonds is 6. The number of nitrogens with zero attached hydrogens (tertiary/aromatic N) is 2. The summed E-state index contributed by atoms with van der Waals surface area (Å²) < 4.78 is 27.4. The van der Waals surface area contributed by atoms with E-state index in [-0.39, 0.29) is 41.8 Å². The van der Waals surface area contributed by atoms with Gasteiger partial charge in [0.05, 0.1) is 17.3 Å². The zero-order valence-electron chi connectivity index (χ0n) is 23.9. The van der Waals surface area contributed by atoms with E-state index in [0.29, 0.717) is 11.3 Å². The van der Waals surface area contributed by atoms with E-state index in [4.69, 9.17) is 5.73 Å². The zero-order chi connectivity index (χ0) is 31.7. The molecule has 0 saturated heterocycles. The van der Waals surface area contributed by atoms with Crippen LogP contribution in [0.2, 0.25) is 0 Å². The number of phenols is 1. The summed E-state index contributed by atoms with van der Waals surface area (Å²) in [7, 11) is 6.56. The van der Waals surface area contributed by atoms with E-state index in [1.54, 1.807) is 39.2 Å². The molecule has 228 valence electrons. The Bertz CT molecular complexity index is 1630. The maximum Gasteiger partial charge on any atom is 0.255 e. The van der Waals surface area contributed by atoms with E-state index in [2.05, 4.69) is 5.32 Å². The van der Waals surface area contributed by atoms with E-state index < -0.39 is 75.4 Å². The van der Waals surface area contributed by atoms with E-state index in [1.807, 2.05) is 0 Å². The van der Waals surface area contributed by atoms with Crippen LogP contribution in [0.4, 0.5) is 20.2 Å². The number of hydrogen-bond donors (Lipinski definition) is 6. The Kier molecular flexibility index (Phi) is 7.22. The van der Waals surface area contributed by atoms with Crippen molar-refractivity contribution in [2.24, 2.45) is 17.6 Å². The number of ketones is 2. The van der Waals surface area contributed by atoms with Gasteiger partial charge in [-0.1, -0.05) is 0 Å². The van der Waals surface area contributed by atoms with Crippen LogP contribution in [0, 0.1) is 23.5 Å². The molecule has 2 aromatic rings. The van der Waals surface area contributed by atoms with Crippen LogP contribution in [0.1, 0.15) is 27.9 Å². The standard InChI is InChI=1S/C30H32F2N4O7/c1-35(2)19-10-18(34-11-12-5-14(31)9-15(32)6-12)24(37)21-16(19)7-13-8-17-23(36(3)4)26(39)22(29(33)42)28(41)30(17,43)27(40)20(13)25(21)38/h5-6,9-10,13,17,23,34,37,39-40,43H,7-8,11H2,1-4H3,(H2,33,42). The molecule has 0 saturated carbocycles. The lowest BCUT2D eigenvalue weighted by Gasteiger charge is -2.50. The molecule has 43 heavy (non-hydrogen) atoms. The minimum absolute atomic E-state index is 0.0372. The number of primary amides is 1. The number of benzene rings is 2. The fourth-order valence-electron chi connectivity index (χ4n) is 6.74. The van der Waals surface area contributed by atoms with Crippen molar-refractivity contribution in [3.63, 3.8) is 0 Å². The summed E-state index contributed by atoms with van der Waals surface area (Å²) in [6, 6.07) is 3.45. The van der Waals surface area contributed by atoms with Gasteiger partial charge in [-0.15, -0.1) is 0 Å². The lowest BCUT2D eigenvalue weighted by molar-refractivity contribution is -0.148. The number of nitrogens with one attached hydrogen (secondary N) is 1. The van der Waals surface area contributed by atoms with Crippen LogP contribution in [-0.2, 0) is 22.6 Å². The molecular weight excluding hydrogens is 566 g/mol. The molecule has 0 radical (unpaired) electrons. The van der Waals surface area contributed by atoms with Gasteiger partial charge in [0, 0.05) is 43.9 Å². The molecule has 0 bridgehead atoms. The Labute approximate surface area is 245 Å². The first-order valence-electron chi connectivity index (χ1n) is 13.5. The molecule has 13 heteroatoms. The molecular formula is C30H32F2N4O7. The lowest BCUT2D eigenvalue weighted by atomic mass is 9.58. The van der Waals surface area contributed by atoms with Gasteiger partial charge in [-0.05, 0) is 62.2 Å². The average molecular weight is 599 g/mol. The summed E-state index contributed by atoms with van der Waals surface area (Å²) in [6.45, 7) is -0.105. The minimum atomic E-state index is -2.75. The number of aliphatic hydroxyl groups excluding tert-OH is 2. The largest absolute Gasteiger partial charge is 0.510 e. The van der Waals surface area contributed by atoms with E-state index >= 15 is 0 Å².